The molecule has 2 atom stereocenters. The minimum atomic E-state index is -0.604. The van der Waals surface area contributed by atoms with Crippen molar-refractivity contribution in [2.24, 2.45) is 5.73 Å². The van der Waals surface area contributed by atoms with Gasteiger partial charge in [-0.3, -0.25) is 14.7 Å². The van der Waals surface area contributed by atoms with Crippen molar-refractivity contribution in [2.45, 2.75) is 31.8 Å². The fourth-order valence-corrected chi connectivity index (χ4v) is 2.20. The Labute approximate surface area is 146 Å². The van der Waals surface area contributed by atoms with Gasteiger partial charge in [0.25, 0.3) is 0 Å². The molecule has 2 rings (SSSR count). The monoisotopic (exact) mass is 341 g/mol. The lowest BCUT2D eigenvalue weighted by Crippen LogP contribution is -2.43. The van der Waals surface area contributed by atoms with Gasteiger partial charge in [-0.25, -0.2) is 0 Å². The predicted molar refractivity (Wildman–Crippen MR) is 96.7 cm³/mol. The molecule has 0 aliphatic heterocycles. The third-order valence-corrected chi connectivity index (χ3v) is 3.57. The highest BCUT2D eigenvalue weighted by Crippen LogP contribution is 2.07. The molecule has 25 heavy (non-hydrogen) atoms. The number of carbonyl (C=O) groups excluding carboxylic acids is 2. The summed E-state index contributed by atoms with van der Waals surface area (Å²) in [6, 6.07) is 9.07. The van der Waals surface area contributed by atoms with E-state index in [0.29, 0.717) is 12.1 Å². The highest BCUT2D eigenvalue weighted by Gasteiger charge is 2.13. The summed E-state index contributed by atoms with van der Waals surface area (Å²) in [7, 11) is 0. The van der Waals surface area contributed by atoms with Crippen LogP contribution in [0, 0.1) is 0 Å². The zero-order valence-corrected chi connectivity index (χ0v) is 14.1. The molecule has 0 unspecified atom stereocenters. The summed E-state index contributed by atoms with van der Waals surface area (Å²) in [5, 5.41) is 11.9. The van der Waals surface area contributed by atoms with E-state index >= 15 is 0 Å². The van der Waals surface area contributed by atoms with Gasteiger partial charge in [-0.2, -0.15) is 5.10 Å². The van der Waals surface area contributed by atoms with Gasteiger partial charge < -0.3 is 16.4 Å². The maximum Gasteiger partial charge on any atom is 0.248 e. The topological polar surface area (TPSA) is 113 Å². The Hall–Kier alpha value is -2.93. The van der Waals surface area contributed by atoms with E-state index in [1.165, 1.54) is 17.8 Å². The van der Waals surface area contributed by atoms with Gasteiger partial charge in [-0.15, -0.1) is 0 Å². The molecule has 2 aromatic rings. The first-order valence-electron chi connectivity index (χ1n) is 8.12. The Morgan fingerprint density at radius 2 is 2.08 bits per heavy atom. The molecule has 2 amide bonds. The zero-order chi connectivity index (χ0) is 18.1. The van der Waals surface area contributed by atoms with Crippen molar-refractivity contribution in [3.05, 3.63) is 60.4 Å². The number of nitrogens with zero attached hydrogens (tertiary/aromatic N) is 1. The third kappa shape index (κ3) is 6.60. The van der Waals surface area contributed by atoms with Crippen LogP contribution < -0.4 is 16.4 Å². The number of carbonyl (C=O) groups is 2. The summed E-state index contributed by atoms with van der Waals surface area (Å²) in [5.41, 5.74) is 7.36. The second-order valence-electron chi connectivity index (χ2n) is 5.76. The van der Waals surface area contributed by atoms with E-state index < -0.39 is 6.04 Å². The van der Waals surface area contributed by atoms with E-state index in [4.69, 9.17) is 5.73 Å². The molecule has 7 heteroatoms. The van der Waals surface area contributed by atoms with Crippen LogP contribution >= 0.6 is 0 Å². The first kappa shape index (κ1) is 18.4. The zero-order valence-electron chi connectivity index (χ0n) is 14.1. The van der Waals surface area contributed by atoms with Gasteiger partial charge in [0.1, 0.15) is 0 Å². The van der Waals surface area contributed by atoms with Crippen molar-refractivity contribution in [1.82, 2.24) is 15.5 Å². The van der Waals surface area contributed by atoms with Crippen LogP contribution in [0.25, 0.3) is 0 Å². The molecular weight excluding hydrogens is 318 g/mol. The lowest BCUT2D eigenvalue weighted by atomic mass is 10.0. The number of rotatable bonds is 8. The summed E-state index contributed by atoms with van der Waals surface area (Å²) >= 11 is 0. The second-order valence-corrected chi connectivity index (χ2v) is 5.76. The minimum Gasteiger partial charge on any atom is -0.349 e. The van der Waals surface area contributed by atoms with Crippen molar-refractivity contribution in [3.8, 4) is 0 Å². The Balaban J connectivity index is 1.96. The van der Waals surface area contributed by atoms with E-state index in [1.54, 1.807) is 19.2 Å². The molecule has 1 heterocycles. The van der Waals surface area contributed by atoms with Crippen LogP contribution in [0.5, 0.6) is 0 Å². The number of anilines is 1. The molecule has 0 spiro atoms. The average molecular weight is 341 g/mol. The molecule has 0 bridgehead atoms. The van der Waals surface area contributed by atoms with Crippen molar-refractivity contribution >= 4 is 17.5 Å². The summed E-state index contributed by atoms with van der Waals surface area (Å²) in [4.78, 5) is 23.8. The molecule has 7 nitrogen and oxygen atoms in total. The van der Waals surface area contributed by atoms with Crippen molar-refractivity contribution in [2.75, 3.05) is 5.32 Å². The largest absolute Gasteiger partial charge is 0.349 e. The molecule has 0 aliphatic rings. The quantitative estimate of drug-likeness (QED) is 0.543. The van der Waals surface area contributed by atoms with Gasteiger partial charge >= 0.3 is 0 Å². The van der Waals surface area contributed by atoms with Gasteiger partial charge in [-0.05, 0) is 25.3 Å². The lowest BCUT2D eigenvalue weighted by molar-refractivity contribution is -0.122. The van der Waals surface area contributed by atoms with Crippen LogP contribution in [0.1, 0.15) is 18.9 Å². The molecule has 1 aromatic carbocycles. The lowest BCUT2D eigenvalue weighted by Gasteiger charge is -2.17. The smallest absolute Gasteiger partial charge is 0.248 e. The van der Waals surface area contributed by atoms with Gasteiger partial charge in [0.15, 0.2) is 0 Å². The fraction of sp³-hybridized carbons (Fsp3) is 0.278. The number of benzene rings is 1. The van der Waals surface area contributed by atoms with E-state index in [1.807, 2.05) is 30.3 Å². The average Bonchev–Trinajstić information content (AvgIpc) is 3.10. The van der Waals surface area contributed by atoms with Crippen LogP contribution in [0.3, 0.4) is 0 Å². The number of aromatic nitrogens is 2. The fourth-order valence-electron chi connectivity index (χ4n) is 2.20. The SMILES string of the molecule is C[C@H](N)C(=O)N[C@H](C=CC(=O)Nc1cn[nH]c1)CCc1ccccc1. The predicted octanol–water partition coefficient (Wildman–Crippen LogP) is 1.37. The standard InChI is InChI=1S/C18H23N5O2/c1-13(19)18(25)23-15(8-7-14-5-3-2-4-6-14)9-10-17(24)22-16-11-20-21-12-16/h2-6,9-13,15H,7-8,19H2,1H3,(H,20,21)(H,22,24)(H,23,25)/t13-,15-/m0/s1. The molecular formula is C18H23N5O2. The summed E-state index contributed by atoms with van der Waals surface area (Å²) < 4.78 is 0. The molecule has 0 saturated heterocycles. The highest BCUT2D eigenvalue weighted by atomic mass is 16.2. The number of aryl methyl sites for hydroxylation is 1. The Kier molecular flexibility index (Phi) is 6.91. The number of hydrogen-bond acceptors (Lipinski definition) is 4. The number of nitrogens with one attached hydrogen (secondary N) is 3. The summed E-state index contributed by atoms with van der Waals surface area (Å²) in [6.45, 7) is 1.62. The molecule has 132 valence electrons. The second kappa shape index (κ2) is 9.39. The minimum absolute atomic E-state index is 0.252. The van der Waals surface area contributed by atoms with E-state index in [0.717, 1.165) is 6.42 Å². The van der Waals surface area contributed by atoms with Crippen molar-refractivity contribution in [1.29, 1.82) is 0 Å². The molecule has 5 N–H and O–H groups in total. The van der Waals surface area contributed by atoms with Crippen LogP contribution in [-0.4, -0.2) is 34.1 Å². The van der Waals surface area contributed by atoms with Gasteiger partial charge in [0, 0.05) is 18.3 Å². The maximum absolute atomic E-state index is 11.9. The Bertz CT molecular complexity index is 696. The maximum atomic E-state index is 11.9. The van der Waals surface area contributed by atoms with Gasteiger partial charge in [0.05, 0.1) is 17.9 Å². The Morgan fingerprint density at radius 3 is 2.72 bits per heavy atom. The molecule has 0 radical (unpaired) electrons. The number of amides is 2. The van der Waals surface area contributed by atoms with E-state index in [2.05, 4.69) is 20.8 Å². The van der Waals surface area contributed by atoms with Crippen LogP contribution in [0.4, 0.5) is 5.69 Å². The van der Waals surface area contributed by atoms with Crippen LogP contribution in [0.15, 0.2) is 54.9 Å². The van der Waals surface area contributed by atoms with Crippen molar-refractivity contribution in [3.63, 3.8) is 0 Å². The molecule has 0 aliphatic carbocycles. The summed E-state index contributed by atoms with van der Waals surface area (Å²) in [5.74, 6) is -0.542. The first-order chi connectivity index (χ1) is 12.0. The Morgan fingerprint density at radius 1 is 1.32 bits per heavy atom. The van der Waals surface area contributed by atoms with E-state index in [9.17, 15) is 9.59 Å². The highest BCUT2D eigenvalue weighted by molar-refractivity contribution is 5.99. The van der Waals surface area contributed by atoms with Crippen LogP contribution in [0.2, 0.25) is 0 Å². The van der Waals surface area contributed by atoms with Crippen LogP contribution in [-0.2, 0) is 16.0 Å². The number of nitrogens with two attached hydrogens (primary N) is 1. The van der Waals surface area contributed by atoms with Crippen molar-refractivity contribution < 1.29 is 9.59 Å². The summed E-state index contributed by atoms with van der Waals surface area (Å²) in [6.07, 6.45) is 7.62. The number of aromatic amines is 1. The number of H-pyrrole nitrogens is 1. The molecule has 0 saturated carbocycles. The third-order valence-electron chi connectivity index (χ3n) is 3.57. The van der Waals surface area contributed by atoms with E-state index in [-0.39, 0.29) is 17.9 Å². The molecule has 0 fully saturated rings. The number of hydrogen-bond donors (Lipinski definition) is 4. The molecule has 1 aromatic heterocycles. The first-order valence-corrected chi connectivity index (χ1v) is 8.12. The normalized spacial score (nSPS) is 13.4. The van der Waals surface area contributed by atoms with Gasteiger partial charge in [-0.1, -0.05) is 36.4 Å². The van der Waals surface area contributed by atoms with Gasteiger partial charge in [0.2, 0.25) is 11.8 Å².